The molecule has 1 atom stereocenters. The topological polar surface area (TPSA) is 78.0 Å². The minimum atomic E-state index is -0.537. The van der Waals surface area contributed by atoms with Crippen LogP contribution < -0.4 is 5.56 Å². The molecule has 0 aliphatic carbocycles. The molecule has 0 bridgehead atoms. The zero-order valence-electron chi connectivity index (χ0n) is 15.7. The molecule has 5 heterocycles. The van der Waals surface area contributed by atoms with Gasteiger partial charge in [-0.1, -0.05) is 11.6 Å². The molecule has 0 saturated carbocycles. The summed E-state index contributed by atoms with van der Waals surface area (Å²) < 4.78 is 17.8. The van der Waals surface area contributed by atoms with Crippen molar-refractivity contribution >= 4 is 28.2 Å². The van der Waals surface area contributed by atoms with E-state index in [1.54, 1.807) is 53.3 Å². The lowest BCUT2D eigenvalue weighted by molar-refractivity contribution is 0.575. The summed E-state index contributed by atoms with van der Waals surface area (Å²) in [6, 6.07) is 9.45. The Morgan fingerprint density at radius 1 is 1.13 bits per heavy atom. The van der Waals surface area contributed by atoms with Crippen LogP contribution in [-0.2, 0) is 0 Å². The largest absolute Gasteiger partial charge is 0.304 e. The average molecular weight is 421 g/mol. The van der Waals surface area contributed by atoms with Gasteiger partial charge in [0.2, 0.25) is 0 Å². The summed E-state index contributed by atoms with van der Waals surface area (Å²) in [5.41, 5.74) is 1.58. The van der Waals surface area contributed by atoms with E-state index in [1.165, 1.54) is 16.8 Å². The molecule has 0 amide bonds. The molecule has 7 nitrogen and oxygen atoms in total. The quantitative estimate of drug-likeness (QED) is 0.442. The summed E-state index contributed by atoms with van der Waals surface area (Å²) in [5.74, 6) is -0.115. The molecule has 0 aliphatic heterocycles. The van der Waals surface area contributed by atoms with Gasteiger partial charge in [0.1, 0.15) is 0 Å². The van der Waals surface area contributed by atoms with Gasteiger partial charge in [0.15, 0.2) is 17.3 Å². The van der Waals surface area contributed by atoms with E-state index in [2.05, 4.69) is 20.2 Å². The van der Waals surface area contributed by atoms with E-state index >= 15 is 0 Å². The normalized spacial score (nSPS) is 12.5. The Labute approximate surface area is 174 Å². The molecule has 30 heavy (non-hydrogen) atoms. The molecule has 0 aromatic carbocycles. The second-order valence-electron chi connectivity index (χ2n) is 6.83. The van der Waals surface area contributed by atoms with Crippen molar-refractivity contribution in [2.24, 2.45) is 0 Å². The van der Waals surface area contributed by atoms with Crippen LogP contribution in [0, 0.1) is 5.82 Å². The van der Waals surface area contributed by atoms with Gasteiger partial charge in [-0.2, -0.15) is 0 Å². The van der Waals surface area contributed by atoms with Crippen LogP contribution in [-0.4, -0.2) is 29.1 Å². The van der Waals surface area contributed by atoms with Crippen molar-refractivity contribution in [1.82, 2.24) is 29.1 Å². The third kappa shape index (κ3) is 2.93. The molecule has 0 saturated heterocycles. The van der Waals surface area contributed by atoms with Crippen molar-refractivity contribution in [1.29, 1.82) is 0 Å². The van der Waals surface area contributed by atoms with E-state index in [0.29, 0.717) is 33.0 Å². The monoisotopic (exact) mass is 420 g/mol. The van der Waals surface area contributed by atoms with Crippen molar-refractivity contribution in [2.75, 3.05) is 0 Å². The fraction of sp³-hybridized carbons (Fsp3) is 0.0952. The van der Waals surface area contributed by atoms with Crippen LogP contribution in [0.3, 0.4) is 0 Å². The molecule has 0 unspecified atom stereocenters. The summed E-state index contributed by atoms with van der Waals surface area (Å²) in [6.07, 6.45) is 6.49. The van der Waals surface area contributed by atoms with Gasteiger partial charge in [-0.05, 0) is 43.3 Å². The van der Waals surface area contributed by atoms with Crippen molar-refractivity contribution < 1.29 is 4.39 Å². The van der Waals surface area contributed by atoms with Gasteiger partial charge < -0.3 is 4.57 Å². The van der Waals surface area contributed by atoms with Crippen LogP contribution in [0.25, 0.3) is 27.8 Å². The molecule has 148 valence electrons. The standard InChI is InChI=1S/C21H14ClFN6O/c1-12(28-8-6-18-15(21(28)30)3-2-7-24-18)19-26-27-20-16(23)9-13(11-29(19)20)17-5-4-14(22)10-25-17/h2-12H,1H3/t12-/m1/s1. The van der Waals surface area contributed by atoms with E-state index in [4.69, 9.17) is 11.6 Å². The first-order chi connectivity index (χ1) is 14.5. The third-order valence-corrected chi connectivity index (χ3v) is 5.22. The third-order valence-electron chi connectivity index (χ3n) is 5.00. The zero-order chi connectivity index (χ0) is 20.8. The number of rotatable bonds is 3. The SMILES string of the molecule is C[C@H](c1nnc2c(F)cc(-c3ccc(Cl)cn3)cn12)n1ccc2ncccc2c1=O. The second kappa shape index (κ2) is 7.00. The highest BCUT2D eigenvalue weighted by Gasteiger charge is 2.20. The highest BCUT2D eigenvalue weighted by atomic mass is 35.5. The summed E-state index contributed by atoms with van der Waals surface area (Å²) in [6.45, 7) is 1.81. The van der Waals surface area contributed by atoms with Crippen molar-refractivity contribution in [3.05, 3.63) is 88.2 Å². The van der Waals surface area contributed by atoms with Crippen LogP contribution >= 0.6 is 11.6 Å². The summed E-state index contributed by atoms with van der Waals surface area (Å²) in [7, 11) is 0. The van der Waals surface area contributed by atoms with Crippen molar-refractivity contribution in [3.8, 4) is 11.3 Å². The molecule has 5 rings (SSSR count). The Balaban J connectivity index is 1.67. The lowest BCUT2D eigenvalue weighted by atomic mass is 10.2. The van der Waals surface area contributed by atoms with E-state index in [1.807, 2.05) is 6.92 Å². The minimum Gasteiger partial charge on any atom is -0.304 e. The number of fused-ring (bicyclic) bond motifs is 2. The lowest BCUT2D eigenvalue weighted by Crippen LogP contribution is -2.25. The Hall–Kier alpha value is -3.65. The van der Waals surface area contributed by atoms with Gasteiger partial charge >= 0.3 is 0 Å². The maximum absolute atomic E-state index is 14.7. The van der Waals surface area contributed by atoms with Crippen molar-refractivity contribution in [3.63, 3.8) is 0 Å². The first-order valence-corrected chi connectivity index (χ1v) is 9.53. The van der Waals surface area contributed by atoms with Gasteiger partial charge in [-0.3, -0.25) is 19.2 Å². The number of hydrogen-bond acceptors (Lipinski definition) is 5. The highest BCUT2D eigenvalue weighted by molar-refractivity contribution is 6.30. The summed E-state index contributed by atoms with van der Waals surface area (Å²) in [5, 5.41) is 9.12. The number of nitrogens with zero attached hydrogens (tertiary/aromatic N) is 6. The molecule has 5 aromatic rings. The van der Waals surface area contributed by atoms with Crippen LogP contribution in [0.4, 0.5) is 4.39 Å². The molecule has 0 aliphatic rings. The van der Waals surface area contributed by atoms with Gasteiger partial charge in [0.05, 0.1) is 27.7 Å². The highest BCUT2D eigenvalue weighted by Crippen LogP contribution is 2.24. The molecule has 0 N–H and O–H groups in total. The predicted octanol–water partition coefficient (Wildman–Crippen LogP) is 3.90. The minimum absolute atomic E-state index is 0.0741. The van der Waals surface area contributed by atoms with Crippen LogP contribution in [0.1, 0.15) is 18.8 Å². The molecular formula is C21H14ClFN6O. The molecule has 0 spiro atoms. The number of hydrogen-bond donors (Lipinski definition) is 0. The van der Waals surface area contributed by atoms with E-state index < -0.39 is 11.9 Å². The number of halogens is 2. The maximum Gasteiger partial charge on any atom is 0.260 e. The van der Waals surface area contributed by atoms with E-state index in [-0.39, 0.29) is 11.2 Å². The molecule has 0 fully saturated rings. The predicted molar refractivity (Wildman–Crippen MR) is 111 cm³/mol. The Kier molecular flexibility index (Phi) is 4.29. The smallest absolute Gasteiger partial charge is 0.260 e. The average Bonchev–Trinajstić information content (AvgIpc) is 3.19. The van der Waals surface area contributed by atoms with Gasteiger partial charge in [0, 0.05) is 30.4 Å². The first kappa shape index (κ1) is 18.4. The summed E-state index contributed by atoms with van der Waals surface area (Å²) in [4.78, 5) is 21.4. The van der Waals surface area contributed by atoms with Crippen molar-refractivity contribution in [2.45, 2.75) is 13.0 Å². The van der Waals surface area contributed by atoms with Gasteiger partial charge in [0.25, 0.3) is 5.56 Å². The van der Waals surface area contributed by atoms with E-state index in [9.17, 15) is 9.18 Å². The molecular weight excluding hydrogens is 407 g/mol. The molecule has 9 heteroatoms. The Morgan fingerprint density at radius 3 is 2.80 bits per heavy atom. The fourth-order valence-electron chi connectivity index (χ4n) is 3.46. The Bertz CT molecular complexity index is 1460. The van der Waals surface area contributed by atoms with Gasteiger partial charge in [-0.15, -0.1) is 10.2 Å². The number of pyridine rings is 4. The van der Waals surface area contributed by atoms with Gasteiger partial charge in [-0.25, -0.2) is 4.39 Å². The molecule has 0 radical (unpaired) electrons. The van der Waals surface area contributed by atoms with E-state index in [0.717, 1.165) is 0 Å². The first-order valence-electron chi connectivity index (χ1n) is 9.15. The number of aromatic nitrogens is 6. The van der Waals surface area contributed by atoms with Crippen LogP contribution in [0.5, 0.6) is 0 Å². The Morgan fingerprint density at radius 2 is 2.00 bits per heavy atom. The maximum atomic E-state index is 14.7. The van der Waals surface area contributed by atoms with Crippen LogP contribution in [0.2, 0.25) is 5.02 Å². The fourth-order valence-corrected chi connectivity index (χ4v) is 3.57. The summed E-state index contributed by atoms with van der Waals surface area (Å²) >= 11 is 5.90. The zero-order valence-corrected chi connectivity index (χ0v) is 16.5. The molecule has 5 aromatic heterocycles. The lowest BCUT2D eigenvalue weighted by Gasteiger charge is -2.14. The van der Waals surface area contributed by atoms with Crippen LogP contribution in [0.15, 0.2) is 66.0 Å². The second-order valence-corrected chi connectivity index (χ2v) is 7.27.